The molecule has 1 aromatic heterocycles. The van der Waals surface area contributed by atoms with Crippen LogP contribution in [0.25, 0.3) is 11.1 Å². The molecule has 41 heavy (non-hydrogen) atoms. The van der Waals surface area contributed by atoms with Crippen LogP contribution in [0.2, 0.25) is 5.02 Å². The first-order chi connectivity index (χ1) is 19.6. The Labute approximate surface area is 249 Å². The van der Waals surface area contributed by atoms with Crippen LogP contribution in [0, 0.1) is 6.92 Å². The molecule has 6 heteroatoms. The van der Waals surface area contributed by atoms with Crippen molar-refractivity contribution in [2.24, 2.45) is 0 Å². The third-order valence-corrected chi connectivity index (χ3v) is 8.12. The molecule has 2 aliphatic rings. The molecule has 5 rings (SSSR count). The molecule has 0 amide bonds. The van der Waals surface area contributed by atoms with E-state index >= 15 is 0 Å². The fourth-order valence-corrected chi connectivity index (χ4v) is 5.53. The predicted molar refractivity (Wildman–Crippen MR) is 163 cm³/mol. The Morgan fingerprint density at radius 2 is 1.80 bits per heavy atom. The van der Waals surface area contributed by atoms with Crippen LogP contribution in [0.5, 0.6) is 5.75 Å². The summed E-state index contributed by atoms with van der Waals surface area (Å²) in [6.07, 6.45) is 12.5. The van der Waals surface area contributed by atoms with E-state index in [9.17, 15) is 4.79 Å². The number of aryl methyl sites for hydroxylation is 2. The molecule has 1 heterocycles. The van der Waals surface area contributed by atoms with E-state index in [4.69, 9.17) is 25.8 Å². The van der Waals surface area contributed by atoms with Crippen molar-refractivity contribution in [2.45, 2.75) is 109 Å². The van der Waals surface area contributed by atoms with Gasteiger partial charge in [0.05, 0.1) is 18.3 Å². The number of carbonyl (C=O) groups excluding carboxylic acids is 1. The van der Waals surface area contributed by atoms with Crippen molar-refractivity contribution < 1.29 is 19.0 Å². The number of nitrogens with zero attached hydrogens (tertiary/aromatic N) is 1. The zero-order valence-electron chi connectivity index (χ0n) is 24.8. The van der Waals surface area contributed by atoms with Crippen molar-refractivity contribution in [3.63, 3.8) is 0 Å². The van der Waals surface area contributed by atoms with Crippen LogP contribution in [0.4, 0.5) is 0 Å². The van der Waals surface area contributed by atoms with E-state index in [1.165, 1.54) is 11.1 Å². The number of halogens is 1. The van der Waals surface area contributed by atoms with E-state index in [1.807, 2.05) is 39.2 Å². The molecule has 2 aliphatic carbocycles. The summed E-state index contributed by atoms with van der Waals surface area (Å²) in [6.45, 7) is 8.29. The van der Waals surface area contributed by atoms with Crippen LogP contribution in [-0.2, 0) is 32.9 Å². The molecule has 3 aromatic rings. The topological polar surface area (TPSA) is 57.7 Å². The van der Waals surface area contributed by atoms with Gasteiger partial charge in [-0.2, -0.15) is 0 Å². The highest BCUT2D eigenvalue weighted by Gasteiger charge is 2.47. The first-order valence-corrected chi connectivity index (χ1v) is 15.4. The van der Waals surface area contributed by atoms with Gasteiger partial charge in [-0.05, 0) is 113 Å². The molecule has 0 unspecified atom stereocenters. The van der Waals surface area contributed by atoms with E-state index in [0.717, 1.165) is 84.4 Å². The van der Waals surface area contributed by atoms with Gasteiger partial charge < -0.3 is 14.2 Å². The third kappa shape index (κ3) is 7.90. The molecule has 0 saturated heterocycles. The monoisotopic (exact) mass is 575 g/mol. The van der Waals surface area contributed by atoms with Gasteiger partial charge in [-0.1, -0.05) is 42.3 Å². The minimum Gasteiger partial charge on any atom is -0.490 e. The number of benzene rings is 2. The minimum atomic E-state index is -0.425. The van der Waals surface area contributed by atoms with Gasteiger partial charge in [-0.3, -0.25) is 9.78 Å². The van der Waals surface area contributed by atoms with Crippen molar-refractivity contribution in [1.82, 2.24) is 4.98 Å². The Morgan fingerprint density at radius 3 is 2.54 bits per heavy atom. The van der Waals surface area contributed by atoms with Gasteiger partial charge in [0.2, 0.25) is 0 Å². The van der Waals surface area contributed by atoms with Crippen molar-refractivity contribution >= 4 is 17.6 Å². The van der Waals surface area contributed by atoms with Crippen molar-refractivity contribution in [2.75, 3.05) is 0 Å². The molecular weight excluding hydrogens is 534 g/mol. The highest BCUT2D eigenvalue weighted by atomic mass is 35.5. The summed E-state index contributed by atoms with van der Waals surface area (Å²) in [5, 5.41) is 0.741. The van der Waals surface area contributed by atoms with Gasteiger partial charge in [0, 0.05) is 35.0 Å². The number of esters is 1. The normalized spacial score (nSPS) is 15.9. The van der Waals surface area contributed by atoms with Crippen LogP contribution in [0.1, 0.15) is 94.4 Å². The summed E-state index contributed by atoms with van der Waals surface area (Å²) in [4.78, 5) is 16.4. The summed E-state index contributed by atoms with van der Waals surface area (Å²) >= 11 is 6.77. The van der Waals surface area contributed by atoms with Gasteiger partial charge in [0.25, 0.3) is 0 Å². The molecule has 2 aromatic carbocycles. The number of aromatic nitrogens is 1. The fourth-order valence-electron chi connectivity index (χ4n) is 5.29. The van der Waals surface area contributed by atoms with Crippen LogP contribution in [-0.4, -0.2) is 22.7 Å². The number of hydrogen-bond acceptors (Lipinski definition) is 5. The lowest BCUT2D eigenvalue weighted by molar-refractivity contribution is -0.154. The summed E-state index contributed by atoms with van der Waals surface area (Å²) in [5.74, 6) is 0.807. The SMILES string of the molecule is Cc1cc(COC2(c3cnccc3-c3ccccc3OC3CC3)CC2)c(Cl)cc1CCCCCC(=O)OC(C)(C)C. The van der Waals surface area contributed by atoms with Crippen molar-refractivity contribution in [1.29, 1.82) is 0 Å². The summed E-state index contributed by atoms with van der Waals surface area (Å²) in [6, 6.07) is 14.6. The molecule has 5 nitrogen and oxygen atoms in total. The summed E-state index contributed by atoms with van der Waals surface area (Å²) in [7, 11) is 0. The molecular formula is C35H42ClNO4. The Kier molecular flexibility index (Phi) is 9.06. The van der Waals surface area contributed by atoms with E-state index in [2.05, 4.69) is 48.3 Å². The standard InChI is InChI=1S/C35H42ClNO4/c1-24-20-26(31(36)21-25(24)10-6-5-7-13-33(38)41-34(2,3)4)23-39-35(17-18-35)30-22-37-19-16-28(30)29-11-8-9-12-32(29)40-27-14-15-27/h8-9,11-12,16,19-22,27H,5-7,10,13-15,17-18,23H2,1-4H3. The average molecular weight is 576 g/mol. The first kappa shape index (κ1) is 29.6. The second-order valence-corrected chi connectivity index (χ2v) is 12.9. The van der Waals surface area contributed by atoms with Crippen LogP contribution in [0.15, 0.2) is 54.9 Å². The lowest BCUT2D eigenvalue weighted by Gasteiger charge is -2.22. The number of para-hydroxylation sites is 1. The first-order valence-electron chi connectivity index (χ1n) is 15.0. The van der Waals surface area contributed by atoms with Gasteiger partial charge in [-0.25, -0.2) is 0 Å². The number of rotatable bonds is 13. The minimum absolute atomic E-state index is 0.122. The van der Waals surface area contributed by atoms with E-state index in [1.54, 1.807) is 0 Å². The maximum Gasteiger partial charge on any atom is 0.306 e. The van der Waals surface area contributed by atoms with Crippen LogP contribution < -0.4 is 4.74 Å². The molecule has 0 atom stereocenters. The second kappa shape index (κ2) is 12.5. The number of unbranched alkanes of at least 4 members (excludes halogenated alkanes) is 2. The number of carbonyl (C=O) groups is 1. The molecule has 0 radical (unpaired) electrons. The van der Waals surface area contributed by atoms with E-state index in [-0.39, 0.29) is 11.6 Å². The molecule has 2 fully saturated rings. The number of ether oxygens (including phenoxy) is 3. The second-order valence-electron chi connectivity index (χ2n) is 12.5. The number of pyridine rings is 1. The zero-order chi connectivity index (χ0) is 29.0. The molecule has 0 N–H and O–H groups in total. The van der Waals surface area contributed by atoms with Crippen LogP contribution >= 0.6 is 11.6 Å². The maximum absolute atomic E-state index is 11.9. The highest BCUT2D eigenvalue weighted by Crippen LogP contribution is 2.53. The van der Waals surface area contributed by atoms with Crippen molar-refractivity contribution in [3.8, 4) is 16.9 Å². The highest BCUT2D eigenvalue weighted by molar-refractivity contribution is 6.31. The Morgan fingerprint density at radius 1 is 1.02 bits per heavy atom. The maximum atomic E-state index is 11.9. The molecule has 218 valence electrons. The lowest BCUT2D eigenvalue weighted by atomic mass is 9.96. The molecule has 0 bridgehead atoms. The van der Waals surface area contributed by atoms with Crippen LogP contribution in [0.3, 0.4) is 0 Å². The van der Waals surface area contributed by atoms with Gasteiger partial charge in [0.15, 0.2) is 0 Å². The van der Waals surface area contributed by atoms with E-state index in [0.29, 0.717) is 19.1 Å². The summed E-state index contributed by atoms with van der Waals surface area (Å²) in [5.41, 5.74) is 6.02. The quantitative estimate of drug-likeness (QED) is 0.150. The smallest absolute Gasteiger partial charge is 0.306 e. The Bertz CT molecular complexity index is 1370. The van der Waals surface area contributed by atoms with Crippen molar-refractivity contribution in [3.05, 3.63) is 82.1 Å². The molecule has 0 spiro atoms. The zero-order valence-corrected chi connectivity index (χ0v) is 25.6. The van der Waals surface area contributed by atoms with Gasteiger partial charge >= 0.3 is 5.97 Å². The fraction of sp³-hybridized carbons (Fsp3) is 0.486. The molecule has 2 saturated carbocycles. The van der Waals surface area contributed by atoms with Gasteiger partial charge in [0.1, 0.15) is 11.4 Å². The third-order valence-electron chi connectivity index (χ3n) is 7.77. The Balaban J connectivity index is 1.20. The number of hydrogen-bond donors (Lipinski definition) is 0. The average Bonchev–Trinajstić information content (AvgIpc) is 3.86. The summed E-state index contributed by atoms with van der Waals surface area (Å²) < 4.78 is 18.3. The predicted octanol–water partition coefficient (Wildman–Crippen LogP) is 8.90. The van der Waals surface area contributed by atoms with Gasteiger partial charge in [-0.15, -0.1) is 0 Å². The largest absolute Gasteiger partial charge is 0.490 e. The lowest BCUT2D eigenvalue weighted by Crippen LogP contribution is -2.23. The molecule has 0 aliphatic heterocycles. The Hall–Kier alpha value is -2.89. The van der Waals surface area contributed by atoms with E-state index < -0.39 is 5.60 Å².